The molecule has 0 bridgehead atoms. The summed E-state index contributed by atoms with van der Waals surface area (Å²) in [4.78, 5) is 0. The van der Waals surface area contributed by atoms with Crippen molar-refractivity contribution in [2.45, 2.75) is 57.5 Å². The van der Waals surface area contributed by atoms with Gasteiger partial charge in [0.25, 0.3) is 0 Å². The van der Waals surface area contributed by atoms with Crippen LogP contribution in [-0.4, -0.2) is 16.3 Å². The molecular weight excluding hydrogens is 250 g/mol. The summed E-state index contributed by atoms with van der Waals surface area (Å²) in [7, 11) is 0. The Labute approximate surface area is 120 Å². The molecule has 0 aromatic heterocycles. The standard InChI is InChI=1S/C18H24O2/c1-18-9-8-14-13-5-3-12(19)10-11(13)2-4-15(14)16(18)6-7-17(18)20/h3,5,10,14-17,19-20H,2,4,6-9H2,1H3/t14-,15-,16+,17?,18+/m1/s1/i16+2. The van der Waals surface area contributed by atoms with Crippen molar-refractivity contribution in [3.05, 3.63) is 29.3 Å². The minimum Gasteiger partial charge on any atom is -0.508 e. The van der Waals surface area contributed by atoms with E-state index in [-0.39, 0.29) is 11.5 Å². The first kappa shape index (κ1) is 12.7. The smallest absolute Gasteiger partial charge is 0.115 e. The normalized spacial score (nSPS) is 42.7. The number of aryl methyl sites for hydroxylation is 1. The molecule has 2 nitrogen and oxygen atoms in total. The molecule has 1 unspecified atom stereocenters. The number of phenolic OH excluding ortho intramolecular Hbond substituents is 1. The average Bonchev–Trinajstić information content (AvgIpc) is 2.74. The summed E-state index contributed by atoms with van der Waals surface area (Å²) >= 11 is 0. The maximum atomic E-state index is 10.4. The van der Waals surface area contributed by atoms with Crippen LogP contribution in [0.1, 0.15) is 56.1 Å². The number of hydrogen-bond donors (Lipinski definition) is 2. The topological polar surface area (TPSA) is 40.5 Å². The van der Waals surface area contributed by atoms with Gasteiger partial charge in [-0.3, -0.25) is 0 Å². The molecule has 1 aromatic carbocycles. The van der Waals surface area contributed by atoms with Crippen LogP contribution in [0.3, 0.4) is 0 Å². The maximum absolute atomic E-state index is 10.4. The molecule has 5 atom stereocenters. The van der Waals surface area contributed by atoms with Crippen molar-refractivity contribution in [2.75, 3.05) is 0 Å². The number of aliphatic hydroxyl groups is 1. The summed E-state index contributed by atoms with van der Waals surface area (Å²) in [6.07, 6.45) is 6.78. The lowest BCUT2D eigenvalue weighted by molar-refractivity contribution is -0.0226. The van der Waals surface area contributed by atoms with Gasteiger partial charge in [0.1, 0.15) is 5.75 Å². The van der Waals surface area contributed by atoms with Crippen molar-refractivity contribution in [1.29, 1.82) is 0 Å². The number of fused-ring (bicyclic) bond motifs is 5. The first-order valence-corrected chi connectivity index (χ1v) is 8.09. The second-order valence-corrected chi connectivity index (χ2v) is 7.44. The monoisotopic (exact) mass is 274 g/mol. The molecule has 20 heavy (non-hydrogen) atoms. The fraction of sp³-hybridized carbons (Fsp3) is 0.667. The van der Waals surface area contributed by atoms with Gasteiger partial charge in [0, 0.05) is 0 Å². The Morgan fingerprint density at radius 3 is 2.95 bits per heavy atom. The molecule has 2 heteroatoms. The lowest BCUT2D eigenvalue weighted by Crippen LogP contribution is -2.43. The van der Waals surface area contributed by atoms with Crippen molar-refractivity contribution in [2.24, 2.45) is 17.3 Å². The molecule has 3 aliphatic carbocycles. The Kier molecular flexibility index (Phi) is 2.69. The highest BCUT2D eigenvalue weighted by atomic mass is 16.3. The zero-order chi connectivity index (χ0) is 13.9. The highest BCUT2D eigenvalue weighted by molar-refractivity contribution is 5.40. The second-order valence-electron chi connectivity index (χ2n) is 7.44. The molecule has 0 radical (unpaired) electrons. The van der Waals surface area contributed by atoms with Gasteiger partial charge in [0.2, 0.25) is 0 Å². The number of benzene rings is 1. The molecule has 0 aliphatic heterocycles. The number of aromatic hydroxyl groups is 1. The first-order valence-electron chi connectivity index (χ1n) is 8.09. The van der Waals surface area contributed by atoms with Crippen LogP contribution in [0.15, 0.2) is 18.2 Å². The number of aliphatic hydroxyl groups excluding tert-OH is 1. The molecule has 0 amide bonds. The van der Waals surface area contributed by atoms with Crippen molar-refractivity contribution in [3.63, 3.8) is 0 Å². The minimum absolute atomic E-state index is 0.0883. The Morgan fingerprint density at radius 2 is 2.10 bits per heavy atom. The Morgan fingerprint density at radius 1 is 1.25 bits per heavy atom. The van der Waals surface area contributed by atoms with Gasteiger partial charge < -0.3 is 10.2 Å². The molecule has 3 aliphatic rings. The van der Waals surface area contributed by atoms with Crippen LogP contribution in [0.2, 0.25) is 0 Å². The molecular formula is C18H24O2. The zero-order valence-electron chi connectivity index (χ0n) is 12.2. The molecule has 0 spiro atoms. The number of phenols is 1. The SMILES string of the molecule is C[C@]12CC[C@@H]3c4ccc(O)cc4CC[C@H]3[14C@@H]1CCC2O. The molecule has 0 saturated heterocycles. The average molecular weight is 274 g/mol. The van der Waals surface area contributed by atoms with Gasteiger partial charge in [-0.05, 0) is 85.0 Å². The van der Waals surface area contributed by atoms with E-state index in [1.165, 1.54) is 30.4 Å². The largest absolute Gasteiger partial charge is 0.508 e. The molecule has 0 heterocycles. The van der Waals surface area contributed by atoms with E-state index in [0.717, 1.165) is 25.2 Å². The van der Waals surface area contributed by atoms with E-state index >= 15 is 0 Å². The minimum atomic E-state index is -0.0883. The lowest BCUT2D eigenvalue weighted by Gasteiger charge is -2.50. The van der Waals surface area contributed by atoms with Crippen LogP contribution in [0.25, 0.3) is 0 Å². The fourth-order valence-electron chi connectivity index (χ4n) is 5.54. The van der Waals surface area contributed by atoms with Gasteiger partial charge in [-0.2, -0.15) is 0 Å². The van der Waals surface area contributed by atoms with Crippen molar-refractivity contribution in [3.8, 4) is 5.75 Å². The predicted octanol–water partition coefficient (Wildman–Crippen LogP) is 3.61. The summed E-state index contributed by atoms with van der Waals surface area (Å²) < 4.78 is 0. The zero-order valence-corrected chi connectivity index (χ0v) is 12.2. The van der Waals surface area contributed by atoms with E-state index in [0.29, 0.717) is 17.6 Å². The van der Waals surface area contributed by atoms with Gasteiger partial charge in [0.05, 0.1) is 6.10 Å². The third kappa shape index (κ3) is 1.60. The third-order valence-electron chi connectivity index (χ3n) is 6.66. The lowest BCUT2D eigenvalue weighted by atomic mass is 9.70. The summed E-state index contributed by atoms with van der Waals surface area (Å²) in [6, 6.07) is 5.96. The van der Waals surface area contributed by atoms with E-state index in [9.17, 15) is 10.2 Å². The number of hydrogen-bond acceptors (Lipinski definition) is 2. The Hall–Kier alpha value is -1.02. The first-order chi connectivity index (χ1) is 9.59. The fourth-order valence-corrected chi connectivity index (χ4v) is 5.54. The maximum Gasteiger partial charge on any atom is 0.115 e. The van der Waals surface area contributed by atoms with E-state index in [2.05, 4.69) is 13.0 Å². The predicted molar refractivity (Wildman–Crippen MR) is 78.7 cm³/mol. The quantitative estimate of drug-likeness (QED) is 0.758. The van der Waals surface area contributed by atoms with Crippen LogP contribution < -0.4 is 0 Å². The van der Waals surface area contributed by atoms with Gasteiger partial charge >= 0.3 is 0 Å². The summed E-state index contributed by atoms with van der Waals surface area (Å²) in [6.45, 7) is 2.32. The summed E-state index contributed by atoms with van der Waals surface area (Å²) in [5.41, 5.74) is 2.99. The molecule has 1 aromatic rings. The van der Waals surface area contributed by atoms with E-state index in [4.69, 9.17) is 0 Å². The molecule has 2 saturated carbocycles. The van der Waals surface area contributed by atoms with Crippen LogP contribution >= 0.6 is 0 Å². The van der Waals surface area contributed by atoms with Gasteiger partial charge in [-0.15, -0.1) is 0 Å². The van der Waals surface area contributed by atoms with Gasteiger partial charge in [0.15, 0.2) is 0 Å². The highest BCUT2D eigenvalue weighted by Gasteiger charge is 2.54. The number of rotatable bonds is 0. The Balaban J connectivity index is 1.71. The molecule has 108 valence electrons. The summed E-state index contributed by atoms with van der Waals surface area (Å²) in [5.74, 6) is 2.49. The second kappa shape index (κ2) is 4.24. The van der Waals surface area contributed by atoms with Crippen LogP contribution in [0.4, 0.5) is 0 Å². The summed E-state index contributed by atoms with van der Waals surface area (Å²) in [5, 5.41) is 20.0. The van der Waals surface area contributed by atoms with E-state index < -0.39 is 0 Å². The van der Waals surface area contributed by atoms with E-state index in [1.807, 2.05) is 12.1 Å². The van der Waals surface area contributed by atoms with Gasteiger partial charge in [-0.1, -0.05) is 13.0 Å². The van der Waals surface area contributed by atoms with Crippen molar-refractivity contribution < 1.29 is 10.2 Å². The van der Waals surface area contributed by atoms with Crippen LogP contribution in [0, 0.1) is 17.3 Å². The van der Waals surface area contributed by atoms with Crippen LogP contribution in [0.5, 0.6) is 5.75 Å². The molecule has 2 fully saturated rings. The highest BCUT2D eigenvalue weighted by Crippen LogP contribution is 2.60. The molecule has 4 rings (SSSR count). The third-order valence-corrected chi connectivity index (χ3v) is 6.66. The van der Waals surface area contributed by atoms with E-state index in [1.54, 1.807) is 0 Å². The van der Waals surface area contributed by atoms with Gasteiger partial charge in [-0.25, -0.2) is 0 Å². The Bertz CT molecular complexity index is 538. The molecule has 2 N–H and O–H groups in total. The van der Waals surface area contributed by atoms with Crippen molar-refractivity contribution in [1.82, 2.24) is 0 Å². The van der Waals surface area contributed by atoms with Crippen molar-refractivity contribution >= 4 is 0 Å². The van der Waals surface area contributed by atoms with Crippen LogP contribution in [-0.2, 0) is 6.42 Å².